The number of aromatic nitrogens is 2. The fourth-order valence-electron chi connectivity index (χ4n) is 5.65. The lowest BCUT2D eigenvalue weighted by molar-refractivity contribution is -0.129. The number of carbonyl (C=O) groups excluding carboxylic acids is 2. The van der Waals surface area contributed by atoms with Crippen LogP contribution in [0.4, 0.5) is 19.7 Å². The Morgan fingerprint density at radius 2 is 1.98 bits per heavy atom. The minimum Gasteiger partial charge on any atom is -0.497 e. The Kier molecular flexibility index (Phi) is 7.26. The molecule has 5 rings (SSSR count). The Morgan fingerprint density at radius 3 is 2.67 bits per heavy atom. The molecule has 11 nitrogen and oxygen atoms in total. The zero-order valence-corrected chi connectivity index (χ0v) is 22.7. The number of likely N-dealkylation sites (tertiary alicyclic amines) is 1. The van der Waals surface area contributed by atoms with E-state index < -0.39 is 23.8 Å². The summed E-state index contributed by atoms with van der Waals surface area (Å²) in [5.41, 5.74) is 0.958. The summed E-state index contributed by atoms with van der Waals surface area (Å²) in [6.07, 6.45) is 2.70. The minimum absolute atomic E-state index is 0.0295. The predicted octanol–water partition coefficient (Wildman–Crippen LogP) is 4.12. The highest BCUT2D eigenvalue weighted by Gasteiger charge is 2.40. The van der Waals surface area contributed by atoms with Crippen LogP contribution in [-0.4, -0.2) is 81.6 Å². The van der Waals surface area contributed by atoms with E-state index in [1.165, 1.54) is 21.8 Å². The van der Waals surface area contributed by atoms with Gasteiger partial charge in [-0.05, 0) is 43.2 Å². The van der Waals surface area contributed by atoms with Crippen LogP contribution in [0.3, 0.4) is 0 Å². The molecule has 40 heavy (non-hydrogen) atoms. The van der Waals surface area contributed by atoms with Crippen molar-refractivity contribution in [3.63, 3.8) is 0 Å². The van der Waals surface area contributed by atoms with Crippen LogP contribution < -0.4 is 14.4 Å². The fraction of sp³-hybridized carbons (Fsp3) is 0.429. The molecule has 2 aliphatic heterocycles. The van der Waals surface area contributed by atoms with E-state index in [0.29, 0.717) is 33.8 Å². The highest BCUT2D eigenvalue weighted by atomic mass is 19.1. The first-order valence-electron chi connectivity index (χ1n) is 13.1. The third-order valence-electron chi connectivity index (χ3n) is 7.75. The summed E-state index contributed by atoms with van der Waals surface area (Å²) in [7, 11) is 3.06. The van der Waals surface area contributed by atoms with Gasteiger partial charge in [-0.15, -0.1) is 0 Å². The maximum atomic E-state index is 15.8. The first-order valence-corrected chi connectivity index (χ1v) is 13.1. The Balaban J connectivity index is 1.38. The van der Waals surface area contributed by atoms with Gasteiger partial charge < -0.3 is 19.5 Å². The van der Waals surface area contributed by atoms with Gasteiger partial charge in [-0.3, -0.25) is 14.6 Å². The molecule has 0 saturated carbocycles. The number of pyridine rings is 1. The number of carboxylic acid groups (broad SMARTS) is 1. The van der Waals surface area contributed by atoms with Crippen molar-refractivity contribution in [1.29, 1.82) is 0 Å². The predicted molar refractivity (Wildman–Crippen MR) is 144 cm³/mol. The Morgan fingerprint density at radius 1 is 1.18 bits per heavy atom. The summed E-state index contributed by atoms with van der Waals surface area (Å²) < 4.78 is 28.1. The van der Waals surface area contributed by atoms with Crippen molar-refractivity contribution < 1.29 is 33.4 Å². The van der Waals surface area contributed by atoms with Gasteiger partial charge in [0, 0.05) is 56.2 Å². The molecule has 0 spiro atoms. The number of urea groups is 1. The van der Waals surface area contributed by atoms with Crippen molar-refractivity contribution in [1.82, 2.24) is 19.4 Å². The van der Waals surface area contributed by atoms with E-state index >= 15 is 4.39 Å². The summed E-state index contributed by atoms with van der Waals surface area (Å²) in [6, 6.07) is 7.87. The Bertz CT molecular complexity index is 1460. The lowest BCUT2D eigenvalue weighted by atomic mass is 9.84. The number of benzene rings is 1. The largest absolute Gasteiger partial charge is 0.497 e. The van der Waals surface area contributed by atoms with Crippen LogP contribution in [0.2, 0.25) is 0 Å². The molecule has 2 saturated heterocycles. The number of hydrogen-bond donors (Lipinski definition) is 1. The maximum Gasteiger partial charge on any atom is 0.407 e. The Hall–Kier alpha value is -4.35. The summed E-state index contributed by atoms with van der Waals surface area (Å²) in [5.74, 6) is 0.802. The summed E-state index contributed by atoms with van der Waals surface area (Å²) >= 11 is 0. The first kappa shape index (κ1) is 27.2. The quantitative estimate of drug-likeness (QED) is 0.468. The number of carbonyl (C=O) groups is 3. The topological polar surface area (TPSA) is 117 Å². The average Bonchev–Trinajstić information content (AvgIpc) is 3.33. The molecule has 0 bridgehead atoms. The van der Waals surface area contributed by atoms with E-state index in [9.17, 15) is 19.5 Å². The van der Waals surface area contributed by atoms with Crippen molar-refractivity contribution in [3.8, 4) is 11.5 Å². The van der Waals surface area contributed by atoms with E-state index in [-0.39, 0.29) is 51.2 Å². The molecule has 0 aliphatic carbocycles. The molecule has 2 atom stereocenters. The van der Waals surface area contributed by atoms with Gasteiger partial charge in [0.25, 0.3) is 0 Å². The molecule has 212 valence electrons. The third kappa shape index (κ3) is 5.13. The SMILES string of the molecule is COc1ccc(CN2C(=O)CCN(c3cnn4ccc(CC5(F)CCN(C(=O)O)[C@@H](C)C5)cc34)C2=O)c(OC)c1. The number of ether oxygens (including phenoxy) is 2. The van der Waals surface area contributed by atoms with E-state index in [2.05, 4.69) is 5.10 Å². The number of hydrogen-bond acceptors (Lipinski definition) is 6. The molecule has 2 aliphatic rings. The first-order chi connectivity index (χ1) is 19.1. The molecule has 2 aromatic heterocycles. The molecule has 4 heterocycles. The Labute approximate surface area is 230 Å². The summed E-state index contributed by atoms with van der Waals surface area (Å²) in [5, 5.41) is 13.7. The molecule has 3 aromatic rings. The number of amides is 4. The van der Waals surface area contributed by atoms with Crippen LogP contribution in [-0.2, 0) is 17.8 Å². The second-order valence-corrected chi connectivity index (χ2v) is 10.3. The fourth-order valence-corrected chi connectivity index (χ4v) is 5.65. The smallest absolute Gasteiger partial charge is 0.407 e. The summed E-state index contributed by atoms with van der Waals surface area (Å²) in [4.78, 5) is 41.8. The molecule has 2 fully saturated rings. The number of alkyl halides is 1. The van der Waals surface area contributed by atoms with E-state index in [0.717, 1.165) is 0 Å². The number of halogens is 1. The number of piperidine rings is 1. The van der Waals surface area contributed by atoms with Crippen molar-refractivity contribution in [2.24, 2.45) is 0 Å². The van der Waals surface area contributed by atoms with Gasteiger partial charge in [0.15, 0.2) is 0 Å². The minimum atomic E-state index is -1.55. The van der Waals surface area contributed by atoms with Gasteiger partial charge in [-0.1, -0.05) is 0 Å². The van der Waals surface area contributed by atoms with E-state index in [4.69, 9.17) is 9.47 Å². The number of nitrogens with zero attached hydrogens (tertiary/aromatic N) is 5. The normalized spacial score (nSPS) is 21.7. The van der Waals surface area contributed by atoms with Gasteiger partial charge in [0.2, 0.25) is 5.91 Å². The van der Waals surface area contributed by atoms with Crippen molar-refractivity contribution in [2.45, 2.75) is 50.9 Å². The number of anilines is 1. The van der Waals surface area contributed by atoms with Gasteiger partial charge in [-0.25, -0.2) is 18.5 Å². The van der Waals surface area contributed by atoms with Crippen molar-refractivity contribution in [2.75, 3.05) is 32.2 Å². The monoisotopic (exact) mass is 553 g/mol. The number of methoxy groups -OCH3 is 2. The van der Waals surface area contributed by atoms with Crippen LogP contribution in [0.25, 0.3) is 5.52 Å². The lowest BCUT2D eigenvalue weighted by Crippen LogP contribution is -2.52. The van der Waals surface area contributed by atoms with Gasteiger partial charge >= 0.3 is 12.1 Å². The van der Waals surface area contributed by atoms with Crippen LogP contribution in [0.1, 0.15) is 37.3 Å². The number of imide groups is 1. The van der Waals surface area contributed by atoms with Crippen molar-refractivity contribution >= 4 is 29.2 Å². The molecular weight excluding hydrogens is 521 g/mol. The van der Waals surface area contributed by atoms with Gasteiger partial charge in [0.05, 0.1) is 38.2 Å². The number of fused-ring (bicyclic) bond motifs is 1. The highest BCUT2D eigenvalue weighted by Crippen LogP contribution is 2.35. The molecule has 1 N–H and O–H groups in total. The highest BCUT2D eigenvalue weighted by molar-refractivity contribution is 6.07. The second kappa shape index (κ2) is 10.7. The van der Waals surface area contributed by atoms with Crippen LogP contribution in [0.5, 0.6) is 11.5 Å². The number of rotatable bonds is 7. The summed E-state index contributed by atoms with van der Waals surface area (Å²) in [6.45, 7) is 2.07. The zero-order chi connectivity index (χ0) is 28.6. The van der Waals surface area contributed by atoms with Crippen LogP contribution >= 0.6 is 0 Å². The zero-order valence-electron chi connectivity index (χ0n) is 22.7. The van der Waals surface area contributed by atoms with E-state index in [1.807, 2.05) is 0 Å². The van der Waals surface area contributed by atoms with Crippen LogP contribution in [0, 0.1) is 0 Å². The molecular formula is C28H32FN5O6. The van der Waals surface area contributed by atoms with Crippen molar-refractivity contribution in [3.05, 3.63) is 53.9 Å². The standard InChI is InChI=1S/C28H32FN5O6/c1-18-14-28(29,8-11-31(18)27(37)38)15-19-6-10-34-22(12-19)23(16-30-34)32-9-7-25(35)33(26(32)36)17-20-4-5-21(39-2)13-24(20)40-3/h4-6,10,12-13,16,18H,7-9,11,14-15,17H2,1-3H3,(H,37,38)/t18-,28?/m0/s1. The molecule has 1 unspecified atom stereocenters. The second-order valence-electron chi connectivity index (χ2n) is 10.3. The maximum absolute atomic E-state index is 15.8. The third-order valence-corrected chi connectivity index (χ3v) is 7.75. The molecule has 1 aromatic carbocycles. The average molecular weight is 554 g/mol. The lowest BCUT2D eigenvalue weighted by Gasteiger charge is -2.39. The van der Waals surface area contributed by atoms with E-state index in [1.54, 1.807) is 61.3 Å². The van der Waals surface area contributed by atoms with Gasteiger partial charge in [0.1, 0.15) is 17.2 Å². The van der Waals surface area contributed by atoms with Gasteiger partial charge in [-0.2, -0.15) is 5.10 Å². The van der Waals surface area contributed by atoms with Crippen LogP contribution in [0.15, 0.2) is 42.7 Å². The molecule has 4 amide bonds. The molecule has 12 heteroatoms. The molecule has 0 radical (unpaired) electrons.